The standard InChI is InChI=1S/C14H17F3N2/c15-12-6-11(7-13(16)14(12)17)19-5-1-2-10(8-19)18-9-3-4-9/h6-7,9-10,18H,1-5,8H2. The number of nitrogens with zero attached hydrogens (tertiary/aromatic N) is 1. The third-order valence-electron chi connectivity index (χ3n) is 3.80. The lowest BCUT2D eigenvalue weighted by molar-refractivity contribution is 0.416. The number of benzene rings is 1. The number of hydrogen-bond donors (Lipinski definition) is 1. The van der Waals surface area contributed by atoms with Gasteiger partial charge in [0.2, 0.25) is 0 Å². The molecule has 104 valence electrons. The molecule has 1 N–H and O–H groups in total. The molecular weight excluding hydrogens is 253 g/mol. The monoisotopic (exact) mass is 270 g/mol. The largest absolute Gasteiger partial charge is 0.370 e. The fourth-order valence-corrected chi connectivity index (χ4v) is 2.66. The Bertz CT molecular complexity index is 451. The highest BCUT2D eigenvalue weighted by molar-refractivity contribution is 5.48. The average molecular weight is 270 g/mol. The van der Waals surface area contributed by atoms with E-state index in [0.29, 0.717) is 17.8 Å². The number of nitrogens with one attached hydrogen (secondary N) is 1. The Morgan fingerprint density at radius 1 is 1.00 bits per heavy atom. The summed E-state index contributed by atoms with van der Waals surface area (Å²) in [5.41, 5.74) is 0.429. The lowest BCUT2D eigenvalue weighted by Gasteiger charge is -2.35. The molecule has 1 aliphatic heterocycles. The van der Waals surface area contributed by atoms with E-state index in [1.807, 2.05) is 4.90 Å². The number of piperidine rings is 1. The smallest absolute Gasteiger partial charge is 0.194 e. The fraction of sp³-hybridized carbons (Fsp3) is 0.571. The van der Waals surface area contributed by atoms with E-state index in [1.165, 1.54) is 12.8 Å². The average Bonchev–Trinajstić information content (AvgIpc) is 3.19. The summed E-state index contributed by atoms with van der Waals surface area (Å²) < 4.78 is 39.5. The van der Waals surface area contributed by atoms with Gasteiger partial charge >= 0.3 is 0 Å². The summed E-state index contributed by atoms with van der Waals surface area (Å²) in [4.78, 5) is 1.93. The van der Waals surface area contributed by atoms with Crippen molar-refractivity contribution in [3.05, 3.63) is 29.6 Å². The van der Waals surface area contributed by atoms with Gasteiger partial charge in [0.25, 0.3) is 0 Å². The molecule has 5 heteroatoms. The van der Waals surface area contributed by atoms with Crippen molar-refractivity contribution < 1.29 is 13.2 Å². The number of hydrogen-bond acceptors (Lipinski definition) is 2. The van der Waals surface area contributed by atoms with E-state index < -0.39 is 17.5 Å². The third kappa shape index (κ3) is 2.86. The van der Waals surface area contributed by atoms with Crippen molar-refractivity contribution in [2.75, 3.05) is 18.0 Å². The zero-order chi connectivity index (χ0) is 13.4. The molecule has 1 aromatic carbocycles. The molecular formula is C14H17F3N2. The van der Waals surface area contributed by atoms with Gasteiger partial charge in [0, 0.05) is 43.0 Å². The van der Waals surface area contributed by atoms with Gasteiger partial charge in [0.15, 0.2) is 17.5 Å². The van der Waals surface area contributed by atoms with Gasteiger partial charge in [-0.15, -0.1) is 0 Å². The Balaban J connectivity index is 1.73. The molecule has 0 radical (unpaired) electrons. The molecule has 3 rings (SSSR count). The Morgan fingerprint density at radius 3 is 2.32 bits per heavy atom. The van der Waals surface area contributed by atoms with E-state index in [1.54, 1.807) is 0 Å². The second kappa shape index (κ2) is 5.04. The molecule has 1 atom stereocenters. The molecule has 1 unspecified atom stereocenters. The van der Waals surface area contributed by atoms with Crippen LogP contribution < -0.4 is 10.2 Å². The lowest BCUT2D eigenvalue weighted by Crippen LogP contribution is -2.46. The van der Waals surface area contributed by atoms with E-state index in [4.69, 9.17) is 0 Å². The molecule has 2 aliphatic rings. The highest BCUT2D eigenvalue weighted by Gasteiger charge is 2.28. The molecule has 1 saturated carbocycles. The molecule has 0 bridgehead atoms. The summed E-state index contributed by atoms with van der Waals surface area (Å²) >= 11 is 0. The Labute approximate surface area is 110 Å². The number of rotatable bonds is 3. The molecule has 0 aromatic heterocycles. The lowest BCUT2D eigenvalue weighted by atomic mass is 10.0. The van der Waals surface area contributed by atoms with Gasteiger partial charge < -0.3 is 10.2 Å². The van der Waals surface area contributed by atoms with Crippen molar-refractivity contribution in [3.63, 3.8) is 0 Å². The predicted octanol–water partition coefficient (Wildman–Crippen LogP) is 2.82. The van der Waals surface area contributed by atoms with Gasteiger partial charge in [0.05, 0.1) is 0 Å². The zero-order valence-corrected chi connectivity index (χ0v) is 10.6. The molecule has 19 heavy (non-hydrogen) atoms. The van der Waals surface area contributed by atoms with Crippen molar-refractivity contribution in [1.29, 1.82) is 0 Å². The molecule has 1 heterocycles. The normalized spacial score (nSPS) is 23.7. The third-order valence-corrected chi connectivity index (χ3v) is 3.80. The Hall–Kier alpha value is -1.23. The van der Waals surface area contributed by atoms with Crippen molar-refractivity contribution in [2.45, 2.75) is 37.8 Å². The van der Waals surface area contributed by atoms with Crippen molar-refractivity contribution >= 4 is 5.69 Å². The number of halogens is 3. The minimum Gasteiger partial charge on any atom is -0.370 e. The summed E-state index contributed by atoms with van der Waals surface area (Å²) in [7, 11) is 0. The van der Waals surface area contributed by atoms with Gasteiger partial charge in [-0.3, -0.25) is 0 Å². The van der Waals surface area contributed by atoms with Crippen LogP contribution in [-0.4, -0.2) is 25.2 Å². The van der Waals surface area contributed by atoms with Crippen LogP contribution in [0.15, 0.2) is 12.1 Å². The van der Waals surface area contributed by atoms with Crippen LogP contribution in [0.3, 0.4) is 0 Å². The molecule has 2 nitrogen and oxygen atoms in total. The molecule has 1 aromatic rings. The maximum Gasteiger partial charge on any atom is 0.194 e. The predicted molar refractivity (Wildman–Crippen MR) is 67.7 cm³/mol. The van der Waals surface area contributed by atoms with Crippen molar-refractivity contribution in [3.8, 4) is 0 Å². The first-order valence-electron chi connectivity index (χ1n) is 6.79. The Morgan fingerprint density at radius 2 is 1.68 bits per heavy atom. The van der Waals surface area contributed by atoms with Gasteiger partial charge in [-0.2, -0.15) is 0 Å². The molecule has 0 amide bonds. The second-order valence-corrected chi connectivity index (χ2v) is 5.45. The van der Waals surface area contributed by atoms with E-state index in [-0.39, 0.29) is 0 Å². The molecule has 2 fully saturated rings. The van der Waals surface area contributed by atoms with Crippen LogP contribution in [0.4, 0.5) is 18.9 Å². The summed E-state index contributed by atoms with van der Waals surface area (Å²) in [5, 5.41) is 3.53. The highest BCUT2D eigenvalue weighted by Crippen LogP contribution is 2.26. The number of anilines is 1. The summed E-state index contributed by atoms with van der Waals surface area (Å²) in [5.74, 6) is -3.63. The second-order valence-electron chi connectivity index (χ2n) is 5.45. The van der Waals surface area contributed by atoms with Crippen LogP contribution in [0.1, 0.15) is 25.7 Å². The van der Waals surface area contributed by atoms with Gasteiger partial charge in [0.1, 0.15) is 0 Å². The zero-order valence-electron chi connectivity index (χ0n) is 10.6. The quantitative estimate of drug-likeness (QED) is 0.850. The maximum atomic E-state index is 13.3. The van der Waals surface area contributed by atoms with Crippen LogP contribution in [-0.2, 0) is 0 Å². The van der Waals surface area contributed by atoms with E-state index in [9.17, 15) is 13.2 Å². The summed E-state index contributed by atoms with van der Waals surface area (Å²) in [6.45, 7) is 1.48. The van der Waals surface area contributed by atoms with Gasteiger partial charge in [-0.25, -0.2) is 13.2 Å². The van der Waals surface area contributed by atoms with E-state index in [2.05, 4.69) is 5.32 Å². The van der Waals surface area contributed by atoms with Crippen LogP contribution in [0, 0.1) is 17.5 Å². The highest BCUT2D eigenvalue weighted by atomic mass is 19.2. The minimum atomic E-state index is -1.39. The minimum absolute atomic E-state index is 0.359. The van der Waals surface area contributed by atoms with Crippen molar-refractivity contribution in [2.24, 2.45) is 0 Å². The first kappa shape index (κ1) is 12.8. The van der Waals surface area contributed by atoms with Crippen molar-refractivity contribution in [1.82, 2.24) is 5.32 Å². The van der Waals surface area contributed by atoms with Crippen LogP contribution in [0.2, 0.25) is 0 Å². The van der Waals surface area contributed by atoms with Crippen LogP contribution >= 0.6 is 0 Å². The maximum absolute atomic E-state index is 13.3. The van der Waals surface area contributed by atoms with E-state index in [0.717, 1.165) is 38.1 Å². The Kier molecular flexibility index (Phi) is 3.39. The van der Waals surface area contributed by atoms with Gasteiger partial charge in [-0.05, 0) is 25.7 Å². The van der Waals surface area contributed by atoms with Crippen LogP contribution in [0.25, 0.3) is 0 Å². The SMILES string of the molecule is Fc1cc(N2CCCC(NC3CC3)C2)cc(F)c1F. The van der Waals surface area contributed by atoms with Gasteiger partial charge in [-0.1, -0.05) is 0 Å². The molecule has 0 spiro atoms. The summed E-state index contributed by atoms with van der Waals surface area (Å²) in [6, 6.07) is 3.14. The summed E-state index contributed by atoms with van der Waals surface area (Å²) in [6.07, 6.45) is 4.50. The van der Waals surface area contributed by atoms with E-state index >= 15 is 0 Å². The van der Waals surface area contributed by atoms with Crippen LogP contribution in [0.5, 0.6) is 0 Å². The first-order chi connectivity index (χ1) is 9.13. The topological polar surface area (TPSA) is 15.3 Å². The molecule has 1 saturated heterocycles. The molecule has 1 aliphatic carbocycles. The first-order valence-corrected chi connectivity index (χ1v) is 6.79. The fourth-order valence-electron chi connectivity index (χ4n) is 2.66.